The highest BCUT2D eigenvalue weighted by Gasteiger charge is 2.08. The molecule has 2 N–H and O–H groups in total. The molecule has 0 saturated heterocycles. The molecule has 0 aliphatic carbocycles. The summed E-state index contributed by atoms with van der Waals surface area (Å²) in [5, 5.41) is 16.2. The maximum absolute atomic E-state index is 10.7. The Morgan fingerprint density at radius 1 is 1.47 bits per heavy atom. The van der Waals surface area contributed by atoms with E-state index < -0.39 is 5.97 Å². The Morgan fingerprint density at radius 2 is 2.13 bits per heavy atom. The van der Waals surface area contributed by atoms with Crippen molar-refractivity contribution in [3.63, 3.8) is 0 Å². The van der Waals surface area contributed by atoms with Gasteiger partial charge in [0.15, 0.2) is 0 Å². The van der Waals surface area contributed by atoms with Gasteiger partial charge in [-0.3, -0.25) is 5.10 Å². The van der Waals surface area contributed by atoms with E-state index in [1.165, 1.54) is 0 Å². The molecule has 4 nitrogen and oxygen atoms in total. The molecule has 1 aromatic carbocycles. The van der Waals surface area contributed by atoms with E-state index in [9.17, 15) is 4.79 Å². The molecule has 1 aromatic heterocycles. The number of aromatic carboxylic acids is 1. The zero-order valence-corrected chi connectivity index (χ0v) is 10.00. The summed E-state index contributed by atoms with van der Waals surface area (Å²) in [6.07, 6.45) is 1.64. The topological polar surface area (TPSA) is 66.0 Å². The van der Waals surface area contributed by atoms with E-state index in [0.717, 1.165) is 9.86 Å². The van der Waals surface area contributed by atoms with Crippen molar-refractivity contribution >= 4 is 32.8 Å². The van der Waals surface area contributed by atoms with E-state index in [-0.39, 0.29) is 5.56 Å². The molecule has 0 spiro atoms. The van der Waals surface area contributed by atoms with Crippen LogP contribution in [0, 0.1) is 0 Å². The zero-order valence-electron chi connectivity index (χ0n) is 8.41. The van der Waals surface area contributed by atoms with Crippen LogP contribution in [0.2, 0.25) is 0 Å². The van der Waals surface area contributed by atoms with Crippen molar-refractivity contribution in [3.05, 3.63) is 28.4 Å². The summed E-state index contributed by atoms with van der Waals surface area (Å²) >= 11 is 3.27. The standard InChI is InChI=1S/C8H5BrN2O2.C2H6/c9-6-1-4(8(12)13)2-7-5(6)3-10-11-7;1-2/h1-3H,(H,10,11)(H,12,13);1-2H3. The summed E-state index contributed by atoms with van der Waals surface area (Å²) in [7, 11) is 0. The minimum absolute atomic E-state index is 0.239. The van der Waals surface area contributed by atoms with Crippen LogP contribution >= 0.6 is 15.9 Å². The maximum Gasteiger partial charge on any atom is 0.335 e. The van der Waals surface area contributed by atoms with Gasteiger partial charge < -0.3 is 5.11 Å². The second-order valence-electron chi connectivity index (χ2n) is 2.59. The molecule has 0 bridgehead atoms. The van der Waals surface area contributed by atoms with Gasteiger partial charge in [-0.2, -0.15) is 5.10 Å². The molecule has 0 radical (unpaired) electrons. The van der Waals surface area contributed by atoms with Gasteiger partial charge >= 0.3 is 5.97 Å². The predicted octanol–water partition coefficient (Wildman–Crippen LogP) is 3.05. The number of carboxylic acid groups (broad SMARTS) is 1. The molecule has 0 amide bonds. The Hall–Kier alpha value is -1.36. The van der Waals surface area contributed by atoms with E-state index in [1.54, 1.807) is 18.3 Å². The summed E-state index contributed by atoms with van der Waals surface area (Å²) in [4.78, 5) is 10.7. The number of halogens is 1. The normalized spacial score (nSPS) is 9.53. The van der Waals surface area contributed by atoms with Crippen LogP contribution in [0.15, 0.2) is 22.8 Å². The van der Waals surface area contributed by atoms with E-state index in [4.69, 9.17) is 5.11 Å². The summed E-state index contributed by atoms with van der Waals surface area (Å²) < 4.78 is 0.733. The molecule has 2 aromatic rings. The Bertz CT molecular complexity index is 479. The first-order chi connectivity index (χ1) is 7.18. The molecular weight excluding hydrogens is 260 g/mol. The Labute approximate surface area is 95.4 Å². The lowest BCUT2D eigenvalue weighted by Crippen LogP contribution is -1.95. The SMILES string of the molecule is CC.O=C(O)c1cc(Br)c2cn[nH]c2c1. The first-order valence-electron chi connectivity index (χ1n) is 4.54. The van der Waals surface area contributed by atoms with Crippen molar-refractivity contribution in [1.29, 1.82) is 0 Å². The molecule has 0 atom stereocenters. The molecule has 1 heterocycles. The maximum atomic E-state index is 10.7. The molecule has 0 saturated carbocycles. The van der Waals surface area contributed by atoms with Gasteiger partial charge in [-0.15, -0.1) is 0 Å². The molecule has 15 heavy (non-hydrogen) atoms. The van der Waals surface area contributed by atoms with Gasteiger partial charge in [0.25, 0.3) is 0 Å². The summed E-state index contributed by atoms with van der Waals surface area (Å²) in [5.41, 5.74) is 0.954. The highest BCUT2D eigenvalue weighted by atomic mass is 79.9. The lowest BCUT2D eigenvalue weighted by molar-refractivity contribution is 0.0697. The smallest absolute Gasteiger partial charge is 0.335 e. The number of fused-ring (bicyclic) bond motifs is 1. The van der Waals surface area contributed by atoms with Crippen molar-refractivity contribution in [2.75, 3.05) is 0 Å². The molecule has 80 valence electrons. The predicted molar refractivity (Wildman–Crippen MR) is 62.1 cm³/mol. The van der Waals surface area contributed by atoms with E-state index in [0.29, 0.717) is 5.52 Å². The number of aromatic nitrogens is 2. The minimum atomic E-state index is -0.947. The molecule has 0 aliphatic heterocycles. The molecule has 2 rings (SSSR count). The largest absolute Gasteiger partial charge is 0.478 e. The molecule has 0 unspecified atom stereocenters. The first-order valence-corrected chi connectivity index (χ1v) is 5.33. The summed E-state index contributed by atoms with van der Waals surface area (Å²) in [6.45, 7) is 4.00. The number of nitrogens with one attached hydrogen (secondary N) is 1. The van der Waals surface area contributed by atoms with Gasteiger partial charge in [0, 0.05) is 9.86 Å². The lowest BCUT2D eigenvalue weighted by Gasteiger charge is -1.96. The van der Waals surface area contributed by atoms with Gasteiger partial charge in [-0.1, -0.05) is 29.8 Å². The van der Waals surface area contributed by atoms with Crippen LogP contribution in [0.25, 0.3) is 10.9 Å². The Balaban J connectivity index is 0.000000531. The average molecular weight is 271 g/mol. The highest BCUT2D eigenvalue weighted by Crippen LogP contribution is 2.23. The Morgan fingerprint density at radius 3 is 2.73 bits per heavy atom. The van der Waals surface area contributed by atoms with Gasteiger partial charge in [-0.25, -0.2) is 4.79 Å². The van der Waals surface area contributed by atoms with Gasteiger partial charge in [0.05, 0.1) is 17.3 Å². The number of H-pyrrole nitrogens is 1. The number of rotatable bonds is 1. The third-order valence-corrected chi connectivity index (χ3v) is 2.41. The van der Waals surface area contributed by atoms with Crippen molar-refractivity contribution < 1.29 is 9.90 Å². The van der Waals surface area contributed by atoms with Crippen LogP contribution in [0.3, 0.4) is 0 Å². The van der Waals surface area contributed by atoms with Gasteiger partial charge in [-0.05, 0) is 12.1 Å². The van der Waals surface area contributed by atoms with E-state index in [1.807, 2.05) is 13.8 Å². The van der Waals surface area contributed by atoms with E-state index >= 15 is 0 Å². The van der Waals surface area contributed by atoms with Crippen molar-refractivity contribution in [2.24, 2.45) is 0 Å². The number of hydrogen-bond acceptors (Lipinski definition) is 2. The minimum Gasteiger partial charge on any atom is -0.478 e. The van der Waals surface area contributed by atoms with Crippen molar-refractivity contribution in [3.8, 4) is 0 Å². The Kier molecular flexibility index (Phi) is 3.85. The number of nitrogens with zero attached hydrogens (tertiary/aromatic N) is 1. The third-order valence-electron chi connectivity index (χ3n) is 1.76. The number of carbonyl (C=O) groups is 1. The van der Waals surface area contributed by atoms with Crippen molar-refractivity contribution in [2.45, 2.75) is 13.8 Å². The second kappa shape index (κ2) is 4.93. The van der Waals surface area contributed by atoms with Crippen LogP contribution in [0.1, 0.15) is 24.2 Å². The fourth-order valence-electron chi connectivity index (χ4n) is 1.13. The first kappa shape index (κ1) is 11.7. The fourth-order valence-corrected chi connectivity index (χ4v) is 1.69. The van der Waals surface area contributed by atoms with Crippen LogP contribution in [0.5, 0.6) is 0 Å². The highest BCUT2D eigenvalue weighted by molar-refractivity contribution is 9.10. The van der Waals surface area contributed by atoms with Gasteiger partial charge in [0.1, 0.15) is 0 Å². The monoisotopic (exact) mass is 270 g/mol. The lowest BCUT2D eigenvalue weighted by atomic mass is 10.2. The number of hydrogen-bond donors (Lipinski definition) is 2. The molecule has 5 heteroatoms. The van der Waals surface area contributed by atoms with E-state index in [2.05, 4.69) is 26.1 Å². The fraction of sp³-hybridized carbons (Fsp3) is 0.200. The quantitative estimate of drug-likeness (QED) is 0.837. The third kappa shape index (κ3) is 2.36. The molecule has 0 aliphatic rings. The van der Waals surface area contributed by atoms with Crippen LogP contribution in [0.4, 0.5) is 0 Å². The average Bonchev–Trinajstić information content (AvgIpc) is 2.69. The van der Waals surface area contributed by atoms with Gasteiger partial charge in [0.2, 0.25) is 0 Å². The number of carboxylic acids is 1. The molecular formula is C10H11BrN2O2. The molecule has 0 fully saturated rings. The second-order valence-corrected chi connectivity index (χ2v) is 3.45. The van der Waals surface area contributed by atoms with Crippen molar-refractivity contribution in [1.82, 2.24) is 10.2 Å². The van der Waals surface area contributed by atoms with Crippen LogP contribution in [-0.4, -0.2) is 21.3 Å². The number of aromatic amines is 1. The summed E-state index contributed by atoms with van der Waals surface area (Å²) in [6, 6.07) is 3.11. The zero-order chi connectivity index (χ0) is 11.4. The number of benzene rings is 1. The van der Waals surface area contributed by atoms with Crippen LogP contribution in [-0.2, 0) is 0 Å². The van der Waals surface area contributed by atoms with Crippen LogP contribution < -0.4 is 0 Å². The summed E-state index contributed by atoms with van der Waals surface area (Å²) in [5.74, 6) is -0.947.